The molecule has 0 N–H and O–H groups in total. The highest BCUT2D eigenvalue weighted by Crippen LogP contribution is 2.45. The summed E-state index contributed by atoms with van der Waals surface area (Å²) in [4.78, 5) is 42.9. The highest BCUT2D eigenvalue weighted by molar-refractivity contribution is 7.83. The molecule has 0 radical (unpaired) electrons. The molecule has 0 saturated heterocycles. The van der Waals surface area contributed by atoms with Crippen molar-refractivity contribution >= 4 is 147 Å². The molecular formula is C51H27O54S11-11. The second kappa shape index (κ2) is 32.6. The van der Waals surface area contributed by atoms with Crippen LogP contribution >= 0.6 is 0 Å². The number of ether oxygens (including phenoxy) is 4. The fourth-order valence-electron chi connectivity index (χ4n) is 9.47. The topological polar surface area (TPSA) is 858 Å². The summed E-state index contributed by atoms with van der Waals surface area (Å²) in [6.45, 7) is -3.78. The third-order valence-electron chi connectivity index (χ3n) is 13.0. The summed E-state index contributed by atoms with van der Waals surface area (Å²) in [5.41, 5.74) is -11.5. The fourth-order valence-corrected chi connectivity index (χ4v) is 13.3. The summed E-state index contributed by atoms with van der Waals surface area (Å²) in [7, 11) is -65.7. The Morgan fingerprint density at radius 3 is 0.672 bits per heavy atom. The second-order valence-electron chi connectivity index (χ2n) is 21.1. The number of hydrogen-bond acceptors (Lipinski definition) is 54. The molecule has 6 aromatic carbocycles. The molecule has 0 bridgehead atoms. The maximum Gasteiger partial charge on any atom is 0.262 e. The molecule has 0 unspecified atom stereocenters. The Bertz CT molecular complexity index is 7080. The zero-order valence-corrected chi connectivity index (χ0v) is 63.4. The highest BCUT2D eigenvalue weighted by atomic mass is 32.3. The zero-order chi connectivity index (χ0) is 86.4. The third kappa shape index (κ3) is 25.0. The van der Waals surface area contributed by atoms with E-state index in [1.54, 1.807) is 0 Å². The maximum atomic E-state index is 14.5. The van der Waals surface area contributed by atoms with Crippen molar-refractivity contribution in [2.45, 2.75) is 12.8 Å². The van der Waals surface area contributed by atoms with Gasteiger partial charge in [0.05, 0.1) is 26.4 Å². The fraction of sp³-hybridized carbons (Fsp3) is 0.118. The van der Waals surface area contributed by atoms with Crippen LogP contribution in [0.25, 0.3) is 66.9 Å². The maximum absolute atomic E-state index is 14.5. The van der Waals surface area contributed by atoms with Crippen LogP contribution in [0.2, 0.25) is 0 Å². The number of benzene rings is 6. The molecule has 9 aromatic rings. The quantitative estimate of drug-likeness (QED) is 0.0229. The molecule has 0 spiro atoms. The molecule has 9 rings (SSSR count). The Hall–Kier alpha value is -11.0. The summed E-state index contributed by atoms with van der Waals surface area (Å²) in [5.74, 6) is -23.7. The Morgan fingerprint density at radius 1 is 0.233 bits per heavy atom. The first-order valence-corrected chi connectivity index (χ1v) is 43.2. The predicted octanol–water partition coefficient (Wildman–Crippen LogP) is -2.07. The van der Waals surface area contributed by atoms with Gasteiger partial charge in [0.1, 0.15) is 67.4 Å². The molecule has 632 valence electrons. The molecule has 0 saturated carbocycles. The lowest BCUT2D eigenvalue weighted by molar-refractivity contribution is 0.243. The smallest absolute Gasteiger partial charge is 0.262 e. The minimum atomic E-state index is -6.22. The van der Waals surface area contributed by atoms with Gasteiger partial charge in [-0.1, -0.05) is 0 Å². The number of fused-ring (bicyclic) bond motifs is 3. The average Bonchev–Trinajstić information content (AvgIpc) is 0.759. The molecule has 0 aliphatic carbocycles. The van der Waals surface area contributed by atoms with Gasteiger partial charge in [-0.15, -0.1) is 0 Å². The van der Waals surface area contributed by atoms with Crippen molar-refractivity contribution in [2.24, 2.45) is 0 Å². The molecule has 3 aromatic heterocycles. The Balaban J connectivity index is 1.06. The van der Waals surface area contributed by atoms with Crippen LogP contribution in [-0.4, -0.2) is 169 Å². The van der Waals surface area contributed by atoms with E-state index in [1.807, 2.05) is 0 Å². The van der Waals surface area contributed by atoms with Crippen LogP contribution in [0.4, 0.5) is 0 Å². The van der Waals surface area contributed by atoms with Gasteiger partial charge in [0.2, 0.25) is 33.5 Å². The van der Waals surface area contributed by atoms with Crippen LogP contribution in [0.1, 0.15) is 12.8 Å². The van der Waals surface area contributed by atoms with Crippen molar-refractivity contribution < 1.29 is 221 Å². The molecule has 0 atom stereocenters. The first kappa shape index (κ1) is 88.9. The standard InChI is InChI=1S/C51H38O54S11/c52-43-40-35(90-11-2-12-91-36-18-27(97-108(61,62)63)21-39-42(36)45(54)51(105-116(85,86)87)48(94-39)24-5-8-30(100-111(70,71)72)33(15-24)102-113(76,77)78)17-25(95-106(55,56)57)19-37(40)92-46(49(43)103-114(79,80)81)22-3-6-28(98-109(64,65)66)31(13-22)88-9-1-10-89-34-16-26(96-107(58,59)60)20-38-41(34)44(53)50(104-115(82,83)84)47(93-38)23-4-7-29(99-110(67,68)69)32(14-23)101-112(73,74)75/h3-8,13-21H,1-2,9-12H2,(H,55,56,57)(H,58,59,60)(H,61,62,63)(H,64,65,66)(H,67,68,69)(H,70,71,72)(H,73,74,75)(H,76,77,78)(H,79,80,81)(H,82,83,84)(H,85,86,87)/p-11. The van der Waals surface area contributed by atoms with E-state index in [1.165, 1.54) is 0 Å². The van der Waals surface area contributed by atoms with E-state index in [0.717, 1.165) is 0 Å². The van der Waals surface area contributed by atoms with E-state index in [0.29, 0.717) is 78.9 Å². The molecule has 0 amide bonds. The van der Waals surface area contributed by atoms with Crippen LogP contribution < -0.4 is 81.2 Å². The average molecular weight is 1860 g/mol. The van der Waals surface area contributed by atoms with Gasteiger partial charge in [-0.2, -0.15) is 0 Å². The lowest BCUT2D eigenvalue weighted by Gasteiger charge is -2.19. The minimum Gasteiger partial charge on any atom is -0.716 e. The second-order valence-corrected chi connectivity index (χ2v) is 32.0. The minimum absolute atomic E-state index is 0.205. The normalized spacial score (nSPS) is 12.8. The first-order chi connectivity index (χ1) is 53.0. The summed E-state index contributed by atoms with van der Waals surface area (Å²) in [5, 5.41) is -3.31. The zero-order valence-electron chi connectivity index (χ0n) is 54.4. The molecule has 65 heteroatoms. The van der Waals surface area contributed by atoms with Crippen molar-refractivity contribution in [3.63, 3.8) is 0 Å². The van der Waals surface area contributed by atoms with E-state index >= 15 is 0 Å². The van der Waals surface area contributed by atoms with Gasteiger partial charge in [-0.05, 0) is 54.6 Å². The van der Waals surface area contributed by atoms with Gasteiger partial charge >= 0.3 is 0 Å². The van der Waals surface area contributed by atoms with Crippen LogP contribution in [0, 0.1) is 0 Å². The van der Waals surface area contributed by atoms with Gasteiger partial charge in [0.15, 0.2) is 51.8 Å². The summed E-state index contributed by atoms with van der Waals surface area (Å²) < 4.78 is 474. The third-order valence-corrected chi connectivity index (χ3v) is 17.2. The van der Waals surface area contributed by atoms with Crippen LogP contribution in [0.5, 0.6) is 86.2 Å². The van der Waals surface area contributed by atoms with Gasteiger partial charge in [0.25, 0.3) is 114 Å². The summed E-state index contributed by atoms with van der Waals surface area (Å²) in [6.07, 6.45) is -1.38. The molecule has 54 nitrogen and oxygen atoms in total. The van der Waals surface area contributed by atoms with Gasteiger partial charge in [-0.3, -0.25) is 14.4 Å². The van der Waals surface area contributed by atoms with E-state index in [4.69, 9.17) is 32.2 Å². The molecule has 3 heterocycles. The molecule has 0 aliphatic rings. The monoisotopic (exact) mass is 1850 g/mol. The lowest BCUT2D eigenvalue weighted by Crippen LogP contribution is -2.17. The Labute approximate surface area is 645 Å². The summed E-state index contributed by atoms with van der Waals surface area (Å²) >= 11 is 0. The first-order valence-electron chi connectivity index (χ1n) is 28.6. The van der Waals surface area contributed by atoms with Crippen LogP contribution in [0.3, 0.4) is 0 Å². The van der Waals surface area contributed by atoms with Gasteiger partial charge in [-0.25, -0.2) is 92.6 Å². The van der Waals surface area contributed by atoms with Crippen molar-refractivity contribution in [1.29, 1.82) is 0 Å². The Kier molecular flexibility index (Phi) is 25.0. The number of rotatable bonds is 37. The van der Waals surface area contributed by atoms with Crippen LogP contribution in [-0.2, 0) is 114 Å². The Morgan fingerprint density at radius 2 is 0.440 bits per heavy atom. The number of hydrogen-bond donors (Lipinski definition) is 0. The van der Waals surface area contributed by atoms with E-state index in [2.05, 4.69) is 46.0 Å². The van der Waals surface area contributed by atoms with Crippen LogP contribution in [0.15, 0.2) is 119 Å². The van der Waals surface area contributed by atoms with Crippen molar-refractivity contribution in [3.8, 4) is 120 Å². The molecule has 0 aliphatic heterocycles. The largest absolute Gasteiger partial charge is 0.716 e. The van der Waals surface area contributed by atoms with Crippen molar-refractivity contribution in [1.82, 2.24) is 0 Å². The van der Waals surface area contributed by atoms with E-state index in [-0.39, 0.29) is 12.1 Å². The van der Waals surface area contributed by atoms with Crippen molar-refractivity contribution in [3.05, 3.63) is 122 Å². The molecule has 116 heavy (non-hydrogen) atoms. The SMILES string of the molecule is O=c1c(OS(=O)(=O)[O-])c(-c2ccc(OS(=O)(=O)[O-])c(OS(=O)(=O)[O-])c2)oc2cc(OS(=O)(=O)[O-])cc(OCCCOc3cc(-c4oc5cc(OS(=O)(=O)[O-])cc(OCCCOc6cc(OS(=O)(=O)[O-])cc7oc(-c8ccc(OS(=O)(=O)[O-])c(OS(=O)(=O)[O-])c8)c(OS(=O)(=O)[O-])c(=O)c67)c5c(=O)c4OS(=O)(=O)[O-])ccc3OS(=O)(=O)[O-])c12. The van der Waals surface area contributed by atoms with E-state index < -0.39 is 323 Å². The van der Waals surface area contributed by atoms with Crippen molar-refractivity contribution in [2.75, 3.05) is 26.4 Å². The lowest BCUT2D eigenvalue weighted by atomic mass is 10.1. The summed E-state index contributed by atoms with van der Waals surface area (Å²) in [6, 6.07) is 6.08. The molecular weight excluding hydrogens is 1830 g/mol. The molecule has 0 fully saturated rings. The van der Waals surface area contributed by atoms with Gasteiger partial charge in [0, 0.05) is 65.9 Å². The highest BCUT2D eigenvalue weighted by Gasteiger charge is 2.31. The van der Waals surface area contributed by atoms with E-state index in [9.17, 15) is 157 Å². The van der Waals surface area contributed by atoms with Gasteiger partial charge < -0.3 is 128 Å². The predicted molar refractivity (Wildman–Crippen MR) is 349 cm³/mol.